The van der Waals surface area contributed by atoms with E-state index < -0.39 is 11.8 Å². The number of esters is 1. The molecule has 178 valence electrons. The first-order valence-corrected chi connectivity index (χ1v) is 12.1. The van der Waals surface area contributed by atoms with Crippen LogP contribution in [0.5, 0.6) is 11.5 Å². The van der Waals surface area contributed by atoms with Crippen molar-refractivity contribution >= 4 is 33.4 Å². The molecule has 0 N–H and O–H groups in total. The first-order chi connectivity index (χ1) is 16.4. The molecular weight excluding hydrogens is 498 g/mol. The minimum atomic E-state index is -0.624. The molecule has 0 fully saturated rings. The Balaban J connectivity index is 1.77. The topological polar surface area (TPSA) is 74.2 Å². The summed E-state index contributed by atoms with van der Waals surface area (Å²) in [5.74, 6) is -0.136. The lowest BCUT2D eigenvalue weighted by Gasteiger charge is -2.36. The van der Waals surface area contributed by atoms with Gasteiger partial charge in [-0.15, -0.1) is 0 Å². The molecule has 3 atom stereocenters. The van der Waals surface area contributed by atoms with Crippen LogP contribution in [-0.4, -0.2) is 38.3 Å². The van der Waals surface area contributed by atoms with Gasteiger partial charge in [0.1, 0.15) is 5.92 Å². The smallest absolute Gasteiger partial charge is 0.315 e. The Labute approximate surface area is 208 Å². The van der Waals surface area contributed by atoms with Gasteiger partial charge < -0.3 is 14.2 Å². The van der Waals surface area contributed by atoms with E-state index in [0.717, 1.165) is 21.3 Å². The lowest BCUT2D eigenvalue weighted by atomic mass is 9.69. The summed E-state index contributed by atoms with van der Waals surface area (Å²) in [7, 11) is 3.20. The van der Waals surface area contributed by atoms with Crippen molar-refractivity contribution in [2.24, 2.45) is 10.9 Å². The molecule has 0 amide bonds. The van der Waals surface area contributed by atoms with Gasteiger partial charge in [0.15, 0.2) is 17.3 Å². The second kappa shape index (κ2) is 10.1. The Morgan fingerprint density at radius 2 is 1.71 bits per heavy atom. The van der Waals surface area contributed by atoms with Crippen LogP contribution in [0.15, 0.2) is 63.2 Å². The first kappa shape index (κ1) is 24.2. The standard InChI is InChI=1S/C27H28BrNO5/c1-5-34-27(31)24-15(2)29-20-12-18(17-8-11-22(32-3)23(14-17)33-4)13-21(30)26(20)25(24)16-6-9-19(28)10-7-16/h6-11,14,18,24-25H,5,12-13H2,1-4H3/t18-,24?,25+/m0/s1. The molecule has 34 heavy (non-hydrogen) atoms. The minimum Gasteiger partial charge on any atom is -0.493 e. The summed E-state index contributed by atoms with van der Waals surface area (Å²) >= 11 is 3.47. The van der Waals surface area contributed by atoms with Crippen LogP contribution >= 0.6 is 15.9 Å². The molecule has 7 heteroatoms. The summed E-state index contributed by atoms with van der Waals surface area (Å²) in [5.41, 5.74) is 3.95. The van der Waals surface area contributed by atoms with E-state index in [1.165, 1.54) is 0 Å². The quantitative estimate of drug-likeness (QED) is 0.458. The van der Waals surface area contributed by atoms with Crippen molar-refractivity contribution in [2.75, 3.05) is 20.8 Å². The number of rotatable bonds is 6. The number of aliphatic imine (C=N–C) groups is 1. The molecule has 1 unspecified atom stereocenters. The lowest BCUT2D eigenvalue weighted by Crippen LogP contribution is -2.38. The molecule has 4 rings (SSSR count). The van der Waals surface area contributed by atoms with E-state index >= 15 is 0 Å². The zero-order chi connectivity index (χ0) is 24.4. The largest absolute Gasteiger partial charge is 0.493 e. The highest BCUT2D eigenvalue weighted by Crippen LogP contribution is 2.47. The summed E-state index contributed by atoms with van der Waals surface area (Å²) < 4.78 is 17.1. The highest BCUT2D eigenvalue weighted by atomic mass is 79.9. The molecule has 0 spiro atoms. The molecular formula is C27H28BrNO5. The van der Waals surface area contributed by atoms with Crippen molar-refractivity contribution in [1.29, 1.82) is 0 Å². The number of nitrogens with zero attached hydrogens (tertiary/aromatic N) is 1. The molecule has 2 aliphatic rings. The average Bonchev–Trinajstić information content (AvgIpc) is 2.83. The number of benzene rings is 2. The fourth-order valence-electron chi connectivity index (χ4n) is 4.97. The van der Waals surface area contributed by atoms with Crippen LogP contribution in [0, 0.1) is 5.92 Å². The SMILES string of the molecule is CCOC(=O)C1C(C)=NC2=C(C(=O)C[C@@H](c3ccc(OC)c(OC)c3)C2)[C@@H]1c1ccc(Br)cc1. The van der Waals surface area contributed by atoms with Crippen LogP contribution in [-0.2, 0) is 14.3 Å². The number of halogens is 1. The van der Waals surface area contributed by atoms with Gasteiger partial charge in [0.2, 0.25) is 0 Å². The second-order valence-corrected chi connectivity index (χ2v) is 9.43. The fourth-order valence-corrected chi connectivity index (χ4v) is 5.23. The van der Waals surface area contributed by atoms with Gasteiger partial charge in [-0.25, -0.2) is 0 Å². The van der Waals surface area contributed by atoms with E-state index in [0.29, 0.717) is 35.6 Å². The molecule has 1 heterocycles. The molecule has 1 aliphatic heterocycles. The van der Waals surface area contributed by atoms with Gasteiger partial charge in [-0.1, -0.05) is 34.1 Å². The molecule has 2 aromatic carbocycles. The van der Waals surface area contributed by atoms with Gasteiger partial charge in [0.05, 0.1) is 20.8 Å². The van der Waals surface area contributed by atoms with Crippen molar-refractivity contribution in [1.82, 2.24) is 0 Å². The van der Waals surface area contributed by atoms with Gasteiger partial charge in [0, 0.05) is 33.8 Å². The maximum absolute atomic E-state index is 13.6. The molecule has 1 aliphatic carbocycles. The van der Waals surface area contributed by atoms with E-state index in [-0.39, 0.29) is 24.3 Å². The van der Waals surface area contributed by atoms with Crippen molar-refractivity contribution in [2.45, 2.75) is 38.5 Å². The molecule has 0 aromatic heterocycles. The van der Waals surface area contributed by atoms with Gasteiger partial charge >= 0.3 is 5.97 Å². The normalized spacial score (nSPS) is 22.1. The van der Waals surface area contributed by atoms with E-state index in [1.54, 1.807) is 21.1 Å². The summed E-state index contributed by atoms with van der Waals surface area (Å²) in [5, 5.41) is 0. The second-order valence-electron chi connectivity index (χ2n) is 8.52. The van der Waals surface area contributed by atoms with Crippen molar-refractivity contribution < 1.29 is 23.8 Å². The Bertz CT molecular complexity index is 1170. The highest BCUT2D eigenvalue weighted by molar-refractivity contribution is 9.10. The first-order valence-electron chi connectivity index (χ1n) is 11.3. The molecule has 0 saturated heterocycles. The highest BCUT2D eigenvalue weighted by Gasteiger charge is 2.44. The van der Waals surface area contributed by atoms with Crippen molar-refractivity contribution in [3.63, 3.8) is 0 Å². The fraction of sp³-hybridized carbons (Fsp3) is 0.370. The third kappa shape index (κ3) is 4.53. The van der Waals surface area contributed by atoms with Crippen molar-refractivity contribution in [3.8, 4) is 11.5 Å². The van der Waals surface area contributed by atoms with Gasteiger partial charge in [-0.2, -0.15) is 0 Å². The number of allylic oxidation sites excluding steroid dienone is 2. The van der Waals surface area contributed by atoms with E-state index in [2.05, 4.69) is 15.9 Å². The molecule has 0 saturated carbocycles. The van der Waals surface area contributed by atoms with Gasteiger partial charge in [-0.3, -0.25) is 14.6 Å². The van der Waals surface area contributed by atoms with Crippen LogP contribution in [0.2, 0.25) is 0 Å². The number of Topliss-reactive ketones (excluding diaryl/α,β-unsaturated/α-hetero) is 1. The summed E-state index contributed by atoms with van der Waals surface area (Å²) in [4.78, 5) is 31.4. The molecule has 2 aromatic rings. The molecule has 6 nitrogen and oxygen atoms in total. The Morgan fingerprint density at radius 1 is 1.03 bits per heavy atom. The predicted octanol–water partition coefficient (Wildman–Crippen LogP) is 5.60. The lowest BCUT2D eigenvalue weighted by molar-refractivity contribution is -0.146. The maximum atomic E-state index is 13.6. The van der Waals surface area contributed by atoms with E-state index in [9.17, 15) is 9.59 Å². The summed E-state index contributed by atoms with van der Waals surface area (Å²) in [6, 6.07) is 13.5. The number of methoxy groups -OCH3 is 2. The summed E-state index contributed by atoms with van der Waals surface area (Å²) in [6.45, 7) is 3.91. The van der Waals surface area contributed by atoms with Gasteiger partial charge in [0.25, 0.3) is 0 Å². The Hall–Kier alpha value is -2.93. The van der Waals surface area contributed by atoms with Crippen LogP contribution in [0.4, 0.5) is 0 Å². The van der Waals surface area contributed by atoms with Crippen LogP contribution < -0.4 is 9.47 Å². The van der Waals surface area contributed by atoms with Crippen LogP contribution in [0.3, 0.4) is 0 Å². The number of carbonyl (C=O) groups is 2. The minimum absolute atomic E-state index is 0.0134. The van der Waals surface area contributed by atoms with E-state index in [4.69, 9.17) is 19.2 Å². The predicted molar refractivity (Wildman–Crippen MR) is 134 cm³/mol. The summed E-state index contributed by atoms with van der Waals surface area (Å²) in [6.07, 6.45) is 0.946. The van der Waals surface area contributed by atoms with E-state index in [1.807, 2.05) is 49.4 Å². The van der Waals surface area contributed by atoms with Crippen LogP contribution in [0.25, 0.3) is 0 Å². The number of ketones is 1. The molecule has 0 radical (unpaired) electrons. The Kier molecular flexibility index (Phi) is 7.22. The number of hydrogen-bond donors (Lipinski definition) is 0. The average molecular weight is 526 g/mol. The third-order valence-electron chi connectivity index (χ3n) is 6.54. The number of ether oxygens (including phenoxy) is 3. The number of carbonyl (C=O) groups excluding carboxylic acids is 2. The number of hydrogen-bond acceptors (Lipinski definition) is 6. The van der Waals surface area contributed by atoms with Gasteiger partial charge in [-0.05, 0) is 61.6 Å². The third-order valence-corrected chi connectivity index (χ3v) is 7.07. The maximum Gasteiger partial charge on any atom is 0.315 e. The monoisotopic (exact) mass is 525 g/mol. The zero-order valence-corrected chi connectivity index (χ0v) is 21.3. The van der Waals surface area contributed by atoms with Crippen LogP contribution in [0.1, 0.15) is 49.7 Å². The Morgan fingerprint density at radius 3 is 2.35 bits per heavy atom. The zero-order valence-electron chi connectivity index (χ0n) is 19.8. The molecule has 0 bridgehead atoms. The van der Waals surface area contributed by atoms with Crippen molar-refractivity contribution in [3.05, 3.63) is 69.3 Å².